The SMILES string of the molecule is O=C(NCc1ccccc1OC1CCC1)N[C@@H]1CCc2[nH]ncc2C1. The molecule has 0 radical (unpaired) electrons. The molecular weight excluding hydrogens is 316 g/mol. The number of ether oxygens (including phenoxy) is 1. The molecule has 0 unspecified atom stereocenters. The third-order valence-electron chi connectivity index (χ3n) is 5.11. The number of urea groups is 1. The number of benzene rings is 1. The zero-order valence-corrected chi connectivity index (χ0v) is 14.3. The molecule has 2 aliphatic rings. The van der Waals surface area contributed by atoms with Crippen LogP contribution in [0.2, 0.25) is 0 Å². The molecule has 0 bridgehead atoms. The molecule has 4 rings (SSSR count). The number of rotatable bonds is 5. The van der Waals surface area contributed by atoms with Gasteiger partial charge in [0.15, 0.2) is 0 Å². The lowest BCUT2D eigenvalue weighted by atomic mass is 9.94. The van der Waals surface area contributed by atoms with Crippen LogP contribution < -0.4 is 15.4 Å². The first kappa shape index (κ1) is 16.0. The molecule has 1 atom stereocenters. The maximum atomic E-state index is 12.2. The van der Waals surface area contributed by atoms with Crippen LogP contribution in [0.25, 0.3) is 0 Å². The van der Waals surface area contributed by atoms with Gasteiger partial charge in [0, 0.05) is 23.8 Å². The highest BCUT2D eigenvalue weighted by atomic mass is 16.5. The Labute approximate surface area is 147 Å². The van der Waals surface area contributed by atoms with Crippen molar-refractivity contribution in [3.63, 3.8) is 0 Å². The minimum absolute atomic E-state index is 0.129. The van der Waals surface area contributed by atoms with Crippen molar-refractivity contribution in [2.75, 3.05) is 0 Å². The lowest BCUT2D eigenvalue weighted by molar-refractivity contribution is 0.119. The fourth-order valence-corrected chi connectivity index (χ4v) is 3.38. The van der Waals surface area contributed by atoms with Crippen molar-refractivity contribution in [1.29, 1.82) is 0 Å². The highest BCUT2D eigenvalue weighted by Crippen LogP contribution is 2.27. The maximum Gasteiger partial charge on any atom is 0.315 e. The predicted molar refractivity (Wildman–Crippen MR) is 94.5 cm³/mol. The third-order valence-corrected chi connectivity index (χ3v) is 5.11. The number of hydrogen-bond acceptors (Lipinski definition) is 3. The van der Waals surface area contributed by atoms with E-state index in [2.05, 4.69) is 20.8 Å². The summed E-state index contributed by atoms with van der Waals surface area (Å²) >= 11 is 0. The summed E-state index contributed by atoms with van der Waals surface area (Å²) in [5.41, 5.74) is 3.42. The van der Waals surface area contributed by atoms with Crippen molar-refractivity contribution in [3.05, 3.63) is 47.3 Å². The van der Waals surface area contributed by atoms with E-state index in [1.165, 1.54) is 17.7 Å². The van der Waals surface area contributed by atoms with Crippen molar-refractivity contribution in [3.8, 4) is 5.75 Å². The van der Waals surface area contributed by atoms with Gasteiger partial charge in [-0.05, 0) is 50.2 Å². The number of aromatic nitrogens is 2. The van der Waals surface area contributed by atoms with E-state index in [0.717, 1.165) is 43.4 Å². The Balaban J connectivity index is 1.29. The predicted octanol–water partition coefficient (Wildman–Crippen LogP) is 2.70. The molecule has 2 amide bonds. The quantitative estimate of drug-likeness (QED) is 0.783. The summed E-state index contributed by atoms with van der Waals surface area (Å²) in [7, 11) is 0. The van der Waals surface area contributed by atoms with E-state index in [1.54, 1.807) is 0 Å². The summed E-state index contributed by atoms with van der Waals surface area (Å²) in [6, 6.07) is 7.97. The van der Waals surface area contributed by atoms with Gasteiger partial charge in [-0.25, -0.2) is 4.79 Å². The molecule has 25 heavy (non-hydrogen) atoms. The van der Waals surface area contributed by atoms with Crippen LogP contribution in [0.4, 0.5) is 4.79 Å². The maximum absolute atomic E-state index is 12.2. The van der Waals surface area contributed by atoms with Crippen LogP contribution in [0.15, 0.2) is 30.5 Å². The number of fused-ring (bicyclic) bond motifs is 1. The van der Waals surface area contributed by atoms with Crippen LogP contribution in [-0.4, -0.2) is 28.4 Å². The Bertz CT molecular complexity index is 739. The van der Waals surface area contributed by atoms with Crippen LogP contribution >= 0.6 is 0 Å². The van der Waals surface area contributed by atoms with Gasteiger partial charge >= 0.3 is 6.03 Å². The van der Waals surface area contributed by atoms with Crippen molar-refractivity contribution in [2.24, 2.45) is 0 Å². The van der Waals surface area contributed by atoms with E-state index in [-0.39, 0.29) is 12.1 Å². The largest absolute Gasteiger partial charge is 0.490 e. The van der Waals surface area contributed by atoms with Crippen LogP contribution in [0.3, 0.4) is 0 Å². The topological polar surface area (TPSA) is 79.0 Å². The Kier molecular flexibility index (Phi) is 4.59. The number of aromatic amines is 1. The lowest BCUT2D eigenvalue weighted by Crippen LogP contribution is -2.44. The number of para-hydroxylation sites is 1. The van der Waals surface area contributed by atoms with E-state index < -0.39 is 0 Å². The fraction of sp³-hybridized carbons (Fsp3) is 0.474. The van der Waals surface area contributed by atoms with Crippen molar-refractivity contribution in [2.45, 2.75) is 57.2 Å². The standard InChI is InChI=1S/C19H24N4O2/c24-19(22-15-8-9-17-14(10-15)12-21-23-17)20-11-13-4-1-2-7-18(13)25-16-5-3-6-16/h1-2,4,7,12,15-16H,3,5-6,8-11H2,(H,21,23)(H2,20,22,24)/t15-/m1/s1. The summed E-state index contributed by atoms with van der Waals surface area (Å²) in [5, 5.41) is 13.1. The summed E-state index contributed by atoms with van der Waals surface area (Å²) < 4.78 is 6.01. The summed E-state index contributed by atoms with van der Waals surface area (Å²) in [5.74, 6) is 0.883. The van der Waals surface area contributed by atoms with Gasteiger partial charge in [0.05, 0.1) is 12.3 Å². The number of carbonyl (C=O) groups is 1. The van der Waals surface area contributed by atoms with E-state index in [4.69, 9.17) is 4.74 Å². The number of carbonyl (C=O) groups excluding carboxylic acids is 1. The zero-order valence-electron chi connectivity index (χ0n) is 14.3. The highest BCUT2D eigenvalue weighted by Gasteiger charge is 2.22. The molecule has 0 aliphatic heterocycles. The van der Waals surface area contributed by atoms with Gasteiger partial charge in [-0.2, -0.15) is 5.10 Å². The Morgan fingerprint density at radius 2 is 2.16 bits per heavy atom. The fourth-order valence-electron chi connectivity index (χ4n) is 3.38. The van der Waals surface area contributed by atoms with Crippen LogP contribution in [0, 0.1) is 0 Å². The van der Waals surface area contributed by atoms with Crippen LogP contribution in [-0.2, 0) is 19.4 Å². The molecule has 132 valence electrons. The third kappa shape index (κ3) is 3.78. The Morgan fingerprint density at radius 3 is 3.00 bits per heavy atom. The molecule has 1 heterocycles. The molecule has 6 nitrogen and oxygen atoms in total. The van der Waals surface area contributed by atoms with Gasteiger partial charge in [-0.3, -0.25) is 5.10 Å². The molecule has 1 aromatic carbocycles. The molecule has 0 saturated heterocycles. The minimum atomic E-state index is -0.129. The van der Waals surface area contributed by atoms with E-state index >= 15 is 0 Å². The van der Waals surface area contributed by atoms with Crippen molar-refractivity contribution >= 4 is 6.03 Å². The van der Waals surface area contributed by atoms with Gasteiger partial charge in [0.2, 0.25) is 0 Å². The van der Waals surface area contributed by atoms with Crippen LogP contribution in [0.5, 0.6) is 5.75 Å². The molecule has 2 aromatic rings. The number of hydrogen-bond donors (Lipinski definition) is 3. The first-order chi connectivity index (χ1) is 12.3. The number of nitrogens with zero attached hydrogens (tertiary/aromatic N) is 1. The average molecular weight is 340 g/mol. The highest BCUT2D eigenvalue weighted by molar-refractivity contribution is 5.74. The van der Waals surface area contributed by atoms with Crippen molar-refractivity contribution < 1.29 is 9.53 Å². The zero-order chi connectivity index (χ0) is 17.1. The average Bonchev–Trinajstić information content (AvgIpc) is 3.05. The second kappa shape index (κ2) is 7.17. The molecule has 3 N–H and O–H groups in total. The van der Waals surface area contributed by atoms with Crippen LogP contribution in [0.1, 0.15) is 42.5 Å². The smallest absolute Gasteiger partial charge is 0.315 e. The molecule has 2 aliphatic carbocycles. The van der Waals surface area contributed by atoms with Gasteiger partial charge in [0.25, 0.3) is 0 Å². The van der Waals surface area contributed by atoms with E-state index in [0.29, 0.717) is 12.6 Å². The first-order valence-corrected chi connectivity index (χ1v) is 9.08. The van der Waals surface area contributed by atoms with Gasteiger partial charge in [0.1, 0.15) is 5.75 Å². The molecule has 6 heteroatoms. The summed E-state index contributed by atoms with van der Waals surface area (Å²) in [6.45, 7) is 0.471. The number of amides is 2. The molecular formula is C19H24N4O2. The Hall–Kier alpha value is -2.50. The van der Waals surface area contributed by atoms with Gasteiger partial charge in [-0.1, -0.05) is 18.2 Å². The van der Waals surface area contributed by atoms with Gasteiger partial charge < -0.3 is 15.4 Å². The second-order valence-electron chi connectivity index (χ2n) is 6.92. The summed E-state index contributed by atoms with van der Waals surface area (Å²) in [6.07, 6.45) is 8.38. The summed E-state index contributed by atoms with van der Waals surface area (Å²) in [4.78, 5) is 12.2. The van der Waals surface area contributed by atoms with Crippen molar-refractivity contribution in [1.82, 2.24) is 20.8 Å². The first-order valence-electron chi connectivity index (χ1n) is 9.08. The van der Waals surface area contributed by atoms with E-state index in [1.807, 2.05) is 30.5 Å². The number of nitrogens with one attached hydrogen (secondary N) is 3. The number of H-pyrrole nitrogens is 1. The minimum Gasteiger partial charge on any atom is -0.490 e. The normalized spacial score (nSPS) is 19.6. The lowest BCUT2D eigenvalue weighted by Gasteiger charge is -2.27. The molecule has 1 aromatic heterocycles. The van der Waals surface area contributed by atoms with E-state index in [9.17, 15) is 4.79 Å². The second-order valence-corrected chi connectivity index (χ2v) is 6.92. The molecule has 0 spiro atoms. The number of aryl methyl sites for hydroxylation is 1. The van der Waals surface area contributed by atoms with Gasteiger partial charge in [-0.15, -0.1) is 0 Å². The Morgan fingerprint density at radius 1 is 1.28 bits per heavy atom. The monoisotopic (exact) mass is 340 g/mol. The molecule has 1 saturated carbocycles. The molecule has 1 fully saturated rings.